The SMILES string of the molecule is CNC1(CC(=O)NC(C)C(CO)SC)CCCCC1. The molecule has 1 saturated carbocycles. The molecule has 0 bridgehead atoms. The standard InChI is InChI=1S/C14H28N2O2S/c1-11(12(10-17)19-3)16-13(18)9-14(15-2)7-5-4-6-8-14/h11-12,15,17H,4-10H2,1-3H3,(H,16,18). The van der Waals surface area contributed by atoms with Crippen LogP contribution in [0.25, 0.3) is 0 Å². The first-order chi connectivity index (χ1) is 9.06. The summed E-state index contributed by atoms with van der Waals surface area (Å²) in [6.45, 7) is 2.06. The Morgan fingerprint density at radius 1 is 1.37 bits per heavy atom. The van der Waals surface area contributed by atoms with E-state index in [4.69, 9.17) is 0 Å². The van der Waals surface area contributed by atoms with E-state index in [0.29, 0.717) is 6.42 Å². The van der Waals surface area contributed by atoms with E-state index >= 15 is 0 Å². The average molecular weight is 288 g/mol. The number of carbonyl (C=O) groups is 1. The van der Waals surface area contributed by atoms with Crippen molar-refractivity contribution >= 4 is 17.7 Å². The van der Waals surface area contributed by atoms with Crippen LogP contribution in [-0.4, -0.2) is 47.8 Å². The van der Waals surface area contributed by atoms with Crippen LogP contribution in [0.2, 0.25) is 0 Å². The maximum absolute atomic E-state index is 12.2. The lowest BCUT2D eigenvalue weighted by atomic mass is 9.79. The molecule has 1 aliphatic carbocycles. The van der Waals surface area contributed by atoms with Gasteiger partial charge in [0, 0.05) is 23.3 Å². The van der Waals surface area contributed by atoms with Gasteiger partial charge in [0.1, 0.15) is 0 Å². The van der Waals surface area contributed by atoms with E-state index in [1.54, 1.807) is 11.8 Å². The summed E-state index contributed by atoms with van der Waals surface area (Å²) in [5.41, 5.74) is -0.0177. The van der Waals surface area contributed by atoms with Crippen LogP contribution in [-0.2, 0) is 4.79 Å². The number of thioether (sulfide) groups is 1. The number of amides is 1. The third-order valence-electron chi connectivity index (χ3n) is 4.27. The van der Waals surface area contributed by atoms with Gasteiger partial charge in [0.15, 0.2) is 0 Å². The van der Waals surface area contributed by atoms with Gasteiger partial charge in [0.25, 0.3) is 0 Å². The van der Waals surface area contributed by atoms with Crippen molar-refractivity contribution in [3.63, 3.8) is 0 Å². The molecule has 0 spiro atoms. The monoisotopic (exact) mass is 288 g/mol. The highest BCUT2D eigenvalue weighted by Gasteiger charge is 2.33. The molecule has 0 aromatic rings. The molecule has 1 fully saturated rings. The van der Waals surface area contributed by atoms with E-state index in [2.05, 4.69) is 10.6 Å². The number of aliphatic hydroxyl groups is 1. The lowest BCUT2D eigenvalue weighted by Gasteiger charge is -2.37. The van der Waals surface area contributed by atoms with Crippen molar-refractivity contribution in [1.29, 1.82) is 0 Å². The van der Waals surface area contributed by atoms with Crippen LogP contribution in [0.5, 0.6) is 0 Å². The van der Waals surface area contributed by atoms with Crippen molar-refractivity contribution in [2.75, 3.05) is 19.9 Å². The summed E-state index contributed by atoms with van der Waals surface area (Å²) in [6.07, 6.45) is 8.34. The number of hydrogen-bond donors (Lipinski definition) is 3. The number of nitrogens with one attached hydrogen (secondary N) is 2. The minimum Gasteiger partial charge on any atom is -0.395 e. The highest BCUT2D eigenvalue weighted by Crippen LogP contribution is 2.30. The highest BCUT2D eigenvalue weighted by atomic mass is 32.2. The van der Waals surface area contributed by atoms with Crippen LogP contribution in [0.15, 0.2) is 0 Å². The van der Waals surface area contributed by atoms with Gasteiger partial charge in [0.2, 0.25) is 5.91 Å². The van der Waals surface area contributed by atoms with Gasteiger partial charge in [-0.05, 0) is 33.1 Å². The van der Waals surface area contributed by atoms with Crippen LogP contribution < -0.4 is 10.6 Å². The molecule has 4 nitrogen and oxygen atoms in total. The molecule has 1 amide bonds. The molecule has 1 rings (SSSR count). The Labute approximate surface area is 121 Å². The fourth-order valence-corrected chi connectivity index (χ4v) is 3.51. The second-order valence-electron chi connectivity index (χ2n) is 5.58. The molecule has 0 aromatic heterocycles. The summed E-state index contributed by atoms with van der Waals surface area (Å²) in [5.74, 6) is 0.0938. The molecular weight excluding hydrogens is 260 g/mol. The van der Waals surface area contributed by atoms with Gasteiger partial charge >= 0.3 is 0 Å². The van der Waals surface area contributed by atoms with Gasteiger partial charge in [-0.15, -0.1) is 0 Å². The molecule has 0 heterocycles. The Bertz CT molecular complexity index is 277. The van der Waals surface area contributed by atoms with E-state index in [1.165, 1.54) is 19.3 Å². The van der Waals surface area contributed by atoms with E-state index in [1.807, 2.05) is 20.2 Å². The zero-order valence-electron chi connectivity index (χ0n) is 12.4. The van der Waals surface area contributed by atoms with E-state index in [9.17, 15) is 9.90 Å². The van der Waals surface area contributed by atoms with Gasteiger partial charge in [-0.2, -0.15) is 11.8 Å². The quantitative estimate of drug-likeness (QED) is 0.665. The third kappa shape index (κ3) is 4.97. The molecule has 2 unspecified atom stereocenters. The largest absolute Gasteiger partial charge is 0.395 e. The molecule has 5 heteroatoms. The predicted octanol–water partition coefficient (Wildman–Crippen LogP) is 1.53. The van der Waals surface area contributed by atoms with Gasteiger partial charge in [-0.3, -0.25) is 4.79 Å². The molecule has 0 saturated heterocycles. The molecule has 2 atom stereocenters. The Kier molecular flexibility index (Phi) is 7.18. The molecule has 3 N–H and O–H groups in total. The van der Waals surface area contributed by atoms with Crippen LogP contribution in [0, 0.1) is 0 Å². The van der Waals surface area contributed by atoms with Crippen molar-refractivity contribution in [1.82, 2.24) is 10.6 Å². The summed E-state index contributed by atoms with van der Waals surface area (Å²) < 4.78 is 0. The first-order valence-electron chi connectivity index (χ1n) is 7.19. The second kappa shape index (κ2) is 8.12. The van der Waals surface area contributed by atoms with E-state index in [0.717, 1.165) is 12.8 Å². The van der Waals surface area contributed by atoms with E-state index < -0.39 is 0 Å². The lowest BCUT2D eigenvalue weighted by Crippen LogP contribution is -2.50. The molecule has 19 heavy (non-hydrogen) atoms. The highest BCUT2D eigenvalue weighted by molar-refractivity contribution is 7.99. The first-order valence-corrected chi connectivity index (χ1v) is 8.47. The zero-order valence-corrected chi connectivity index (χ0v) is 13.2. The third-order valence-corrected chi connectivity index (χ3v) is 5.43. The zero-order chi connectivity index (χ0) is 14.3. The molecule has 0 radical (unpaired) electrons. The van der Waals surface area contributed by atoms with Gasteiger partial charge in [0.05, 0.1) is 6.61 Å². The van der Waals surface area contributed by atoms with Gasteiger partial charge in [-0.1, -0.05) is 19.3 Å². The maximum atomic E-state index is 12.2. The summed E-state index contributed by atoms with van der Waals surface area (Å²) in [4.78, 5) is 12.2. The molecule has 1 aliphatic rings. The van der Waals surface area contributed by atoms with Crippen LogP contribution >= 0.6 is 11.8 Å². The van der Waals surface area contributed by atoms with Crippen molar-refractivity contribution in [3.8, 4) is 0 Å². The fourth-order valence-electron chi connectivity index (χ4n) is 2.89. The number of aliphatic hydroxyl groups excluding tert-OH is 1. The van der Waals surface area contributed by atoms with Gasteiger partial charge in [-0.25, -0.2) is 0 Å². The smallest absolute Gasteiger partial charge is 0.222 e. The predicted molar refractivity (Wildman–Crippen MR) is 81.5 cm³/mol. The van der Waals surface area contributed by atoms with Crippen molar-refractivity contribution in [2.24, 2.45) is 0 Å². The summed E-state index contributed by atoms with van der Waals surface area (Å²) in [6, 6.07) is 0.00463. The summed E-state index contributed by atoms with van der Waals surface area (Å²) >= 11 is 1.59. The maximum Gasteiger partial charge on any atom is 0.222 e. The minimum atomic E-state index is -0.0177. The Morgan fingerprint density at radius 3 is 2.47 bits per heavy atom. The molecule has 112 valence electrons. The molecule has 0 aromatic carbocycles. The first kappa shape index (κ1) is 16.8. The number of hydrogen-bond acceptors (Lipinski definition) is 4. The van der Waals surface area contributed by atoms with Crippen molar-refractivity contribution in [2.45, 2.75) is 62.3 Å². The van der Waals surface area contributed by atoms with Crippen molar-refractivity contribution < 1.29 is 9.90 Å². The summed E-state index contributed by atoms with van der Waals surface area (Å²) in [7, 11) is 1.96. The van der Waals surface area contributed by atoms with Crippen LogP contribution in [0.1, 0.15) is 45.4 Å². The van der Waals surface area contributed by atoms with Crippen molar-refractivity contribution in [3.05, 3.63) is 0 Å². The van der Waals surface area contributed by atoms with Crippen LogP contribution in [0.3, 0.4) is 0 Å². The average Bonchev–Trinajstić information content (AvgIpc) is 2.41. The topological polar surface area (TPSA) is 61.4 Å². The van der Waals surface area contributed by atoms with Gasteiger partial charge < -0.3 is 15.7 Å². The Hall–Kier alpha value is -0.260. The molecular formula is C14H28N2O2S. The number of rotatable bonds is 7. The fraction of sp³-hybridized carbons (Fsp3) is 0.929. The minimum absolute atomic E-state index is 0.00463. The normalized spacial score (nSPS) is 21.7. The number of carbonyl (C=O) groups excluding carboxylic acids is 1. The second-order valence-corrected chi connectivity index (χ2v) is 6.66. The van der Waals surface area contributed by atoms with Crippen LogP contribution in [0.4, 0.5) is 0 Å². The Morgan fingerprint density at radius 2 is 2.00 bits per heavy atom. The Balaban J connectivity index is 2.49. The summed E-state index contributed by atoms with van der Waals surface area (Å²) in [5, 5.41) is 15.7. The lowest BCUT2D eigenvalue weighted by molar-refractivity contribution is -0.123. The molecule has 0 aliphatic heterocycles. The van der Waals surface area contributed by atoms with E-state index in [-0.39, 0.29) is 29.3 Å².